The Kier molecular flexibility index (Phi) is 13.2. The molecule has 0 rings (SSSR count). The van der Waals surface area contributed by atoms with E-state index in [0.29, 0.717) is 13.1 Å². The molecule has 110 valence electrons. The van der Waals surface area contributed by atoms with Crippen molar-refractivity contribution >= 4 is 0 Å². The molecule has 0 aliphatic carbocycles. The Morgan fingerprint density at radius 2 is 1.06 bits per heavy atom. The van der Waals surface area contributed by atoms with Crippen LogP contribution < -0.4 is 0 Å². The Morgan fingerprint density at radius 1 is 0.611 bits per heavy atom. The lowest BCUT2D eigenvalue weighted by atomic mass is 10.2. The molecule has 0 fully saturated rings. The maximum absolute atomic E-state index is 8.89. The predicted molar refractivity (Wildman–Crippen MR) is 76.9 cm³/mol. The van der Waals surface area contributed by atoms with Crippen LogP contribution in [-0.2, 0) is 0 Å². The van der Waals surface area contributed by atoms with Crippen molar-refractivity contribution in [3.05, 3.63) is 0 Å². The Morgan fingerprint density at radius 3 is 1.44 bits per heavy atom. The molecule has 0 atom stereocenters. The highest BCUT2D eigenvalue weighted by atomic mass is 16.3. The summed E-state index contributed by atoms with van der Waals surface area (Å²) in [6.07, 6.45) is 4.97. The number of hydrogen-bond acceptors (Lipinski definition) is 4. The molecule has 0 aliphatic rings. The van der Waals surface area contributed by atoms with Gasteiger partial charge in [0.2, 0.25) is 0 Å². The second-order valence-electron chi connectivity index (χ2n) is 4.73. The number of aliphatic hydroxyl groups excluding tert-OH is 2. The summed E-state index contributed by atoms with van der Waals surface area (Å²) in [4.78, 5) is 4.59. The van der Waals surface area contributed by atoms with E-state index in [2.05, 4.69) is 23.6 Å². The summed E-state index contributed by atoms with van der Waals surface area (Å²) in [5, 5.41) is 17.8. The quantitative estimate of drug-likeness (QED) is 0.488. The third-order valence-electron chi connectivity index (χ3n) is 3.43. The minimum atomic E-state index is 0.183. The van der Waals surface area contributed by atoms with Crippen LogP contribution in [0.25, 0.3) is 0 Å². The molecule has 0 unspecified atom stereocenters. The monoisotopic (exact) mass is 260 g/mol. The Labute approximate surface area is 113 Å². The predicted octanol–water partition coefficient (Wildman–Crippen LogP) is 1.18. The van der Waals surface area contributed by atoms with Gasteiger partial charge in [-0.1, -0.05) is 26.7 Å². The standard InChI is InChI=1S/C14H32N2O2/c1-3-15(4-2)9-7-5-6-8-10-16(11-13-17)12-14-18/h17-18H,3-14H2,1-2H3. The maximum Gasteiger partial charge on any atom is 0.0558 e. The van der Waals surface area contributed by atoms with Crippen molar-refractivity contribution in [1.29, 1.82) is 0 Å². The first-order valence-corrected chi connectivity index (χ1v) is 7.44. The van der Waals surface area contributed by atoms with Crippen LogP contribution in [0.15, 0.2) is 0 Å². The van der Waals surface area contributed by atoms with E-state index in [9.17, 15) is 0 Å². The van der Waals surface area contributed by atoms with Gasteiger partial charge in [0.25, 0.3) is 0 Å². The molecule has 0 amide bonds. The Hall–Kier alpha value is -0.160. The highest BCUT2D eigenvalue weighted by Gasteiger charge is 2.03. The largest absolute Gasteiger partial charge is 0.395 e. The first-order chi connectivity index (χ1) is 8.78. The van der Waals surface area contributed by atoms with Crippen LogP contribution in [0.5, 0.6) is 0 Å². The molecule has 0 bridgehead atoms. The van der Waals surface area contributed by atoms with Crippen LogP contribution >= 0.6 is 0 Å². The average Bonchev–Trinajstić information content (AvgIpc) is 2.38. The highest BCUT2D eigenvalue weighted by molar-refractivity contribution is 4.58. The lowest BCUT2D eigenvalue weighted by Crippen LogP contribution is -2.30. The summed E-state index contributed by atoms with van der Waals surface area (Å²) in [6.45, 7) is 10.7. The lowest BCUT2D eigenvalue weighted by molar-refractivity contribution is 0.159. The summed E-state index contributed by atoms with van der Waals surface area (Å²) < 4.78 is 0. The molecule has 0 saturated carbocycles. The van der Waals surface area contributed by atoms with E-state index in [0.717, 1.165) is 26.1 Å². The normalized spacial score (nSPS) is 11.7. The molecule has 0 radical (unpaired) electrons. The van der Waals surface area contributed by atoms with Crippen LogP contribution in [0.4, 0.5) is 0 Å². The van der Waals surface area contributed by atoms with Crippen molar-refractivity contribution in [2.75, 3.05) is 52.5 Å². The molecule has 0 saturated heterocycles. The van der Waals surface area contributed by atoms with E-state index < -0.39 is 0 Å². The number of rotatable bonds is 13. The van der Waals surface area contributed by atoms with Gasteiger partial charge in [-0.25, -0.2) is 0 Å². The Bertz CT molecular complexity index is 158. The molecule has 4 nitrogen and oxygen atoms in total. The van der Waals surface area contributed by atoms with E-state index in [-0.39, 0.29) is 13.2 Å². The minimum absolute atomic E-state index is 0.183. The second kappa shape index (κ2) is 13.3. The Balaban J connectivity index is 3.42. The third kappa shape index (κ3) is 9.83. The molecule has 0 spiro atoms. The summed E-state index contributed by atoms with van der Waals surface area (Å²) in [7, 11) is 0. The van der Waals surface area contributed by atoms with Crippen molar-refractivity contribution in [3.8, 4) is 0 Å². The van der Waals surface area contributed by atoms with Crippen molar-refractivity contribution in [1.82, 2.24) is 9.80 Å². The van der Waals surface area contributed by atoms with E-state index in [1.807, 2.05) is 0 Å². The van der Waals surface area contributed by atoms with Gasteiger partial charge in [0, 0.05) is 13.1 Å². The van der Waals surface area contributed by atoms with Crippen molar-refractivity contribution < 1.29 is 10.2 Å². The topological polar surface area (TPSA) is 46.9 Å². The van der Waals surface area contributed by atoms with Gasteiger partial charge in [-0.2, -0.15) is 0 Å². The van der Waals surface area contributed by atoms with E-state index in [4.69, 9.17) is 10.2 Å². The van der Waals surface area contributed by atoms with Crippen LogP contribution in [0.3, 0.4) is 0 Å². The second-order valence-corrected chi connectivity index (χ2v) is 4.73. The third-order valence-corrected chi connectivity index (χ3v) is 3.43. The van der Waals surface area contributed by atoms with Crippen LogP contribution in [0.2, 0.25) is 0 Å². The lowest BCUT2D eigenvalue weighted by Gasteiger charge is -2.20. The number of aliphatic hydroxyl groups is 2. The summed E-state index contributed by atoms with van der Waals surface area (Å²) in [5.74, 6) is 0. The van der Waals surface area contributed by atoms with Crippen LogP contribution in [0, 0.1) is 0 Å². The molecule has 0 aliphatic heterocycles. The fourth-order valence-electron chi connectivity index (χ4n) is 2.18. The molecular formula is C14H32N2O2. The van der Waals surface area contributed by atoms with Gasteiger partial charge in [0.1, 0.15) is 0 Å². The van der Waals surface area contributed by atoms with Gasteiger partial charge in [-0.3, -0.25) is 4.90 Å². The zero-order valence-electron chi connectivity index (χ0n) is 12.3. The van der Waals surface area contributed by atoms with Crippen molar-refractivity contribution in [2.45, 2.75) is 39.5 Å². The first-order valence-electron chi connectivity index (χ1n) is 7.44. The maximum atomic E-state index is 8.89. The van der Waals surface area contributed by atoms with E-state index in [1.165, 1.54) is 25.8 Å². The molecule has 0 aromatic heterocycles. The zero-order valence-corrected chi connectivity index (χ0v) is 12.3. The summed E-state index contributed by atoms with van der Waals surface area (Å²) in [6, 6.07) is 0. The highest BCUT2D eigenvalue weighted by Crippen LogP contribution is 2.03. The molecule has 0 heterocycles. The molecule has 0 aromatic carbocycles. The molecule has 0 aromatic rings. The van der Waals surface area contributed by atoms with Gasteiger partial charge in [0.05, 0.1) is 13.2 Å². The first kappa shape index (κ1) is 17.8. The molecular weight excluding hydrogens is 228 g/mol. The molecule has 18 heavy (non-hydrogen) atoms. The van der Waals surface area contributed by atoms with Gasteiger partial charge in [-0.15, -0.1) is 0 Å². The van der Waals surface area contributed by atoms with Gasteiger partial charge in [-0.05, 0) is 39.0 Å². The fraction of sp³-hybridized carbons (Fsp3) is 1.00. The smallest absolute Gasteiger partial charge is 0.0558 e. The van der Waals surface area contributed by atoms with Gasteiger partial charge in [0.15, 0.2) is 0 Å². The van der Waals surface area contributed by atoms with E-state index in [1.54, 1.807) is 0 Å². The average molecular weight is 260 g/mol. The van der Waals surface area contributed by atoms with Gasteiger partial charge < -0.3 is 15.1 Å². The number of unbranched alkanes of at least 4 members (excludes halogenated alkanes) is 3. The van der Waals surface area contributed by atoms with E-state index >= 15 is 0 Å². The van der Waals surface area contributed by atoms with Crippen molar-refractivity contribution in [3.63, 3.8) is 0 Å². The summed E-state index contributed by atoms with van der Waals surface area (Å²) >= 11 is 0. The number of nitrogens with zero attached hydrogens (tertiary/aromatic N) is 2. The fourth-order valence-corrected chi connectivity index (χ4v) is 2.18. The summed E-state index contributed by atoms with van der Waals surface area (Å²) in [5.41, 5.74) is 0. The SMILES string of the molecule is CCN(CC)CCCCCCN(CCO)CCO. The number of hydrogen-bond donors (Lipinski definition) is 2. The van der Waals surface area contributed by atoms with Crippen molar-refractivity contribution in [2.24, 2.45) is 0 Å². The molecule has 4 heteroatoms. The molecule has 2 N–H and O–H groups in total. The zero-order chi connectivity index (χ0) is 13.6. The van der Waals surface area contributed by atoms with Gasteiger partial charge >= 0.3 is 0 Å². The minimum Gasteiger partial charge on any atom is -0.395 e. The van der Waals surface area contributed by atoms with Crippen LogP contribution in [0.1, 0.15) is 39.5 Å². The van der Waals surface area contributed by atoms with Crippen LogP contribution in [-0.4, -0.2) is 72.5 Å².